The molecule has 1 aromatic rings. The maximum absolute atomic E-state index is 11.7. The summed E-state index contributed by atoms with van der Waals surface area (Å²) in [5.74, 6) is 0. The lowest BCUT2D eigenvalue weighted by Crippen LogP contribution is -2.41. The van der Waals surface area contributed by atoms with E-state index in [1.54, 1.807) is 13.8 Å². The van der Waals surface area contributed by atoms with Crippen molar-refractivity contribution < 1.29 is 8.42 Å². The summed E-state index contributed by atoms with van der Waals surface area (Å²) in [4.78, 5) is 0. The lowest BCUT2D eigenvalue weighted by Gasteiger charge is -2.28. The highest BCUT2D eigenvalue weighted by Gasteiger charge is 2.37. The molecular formula is C13H19ClO2S. The minimum absolute atomic E-state index is 0.431. The van der Waals surface area contributed by atoms with E-state index in [4.69, 9.17) is 11.6 Å². The molecule has 0 spiro atoms. The molecule has 2 nitrogen and oxygen atoms in total. The smallest absolute Gasteiger partial charge is 0.154 e. The molecule has 0 aromatic heterocycles. The van der Waals surface area contributed by atoms with Crippen LogP contribution in [-0.4, -0.2) is 24.8 Å². The van der Waals surface area contributed by atoms with Crippen LogP contribution in [0.4, 0.5) is 0 Å². The van der Waals surface area contributed by atoms with Crippen molar-refractivity contribution in [2.24, 2.45) is 0 Å². The highest BCUT2D eigenvalue weighted by atomic mass is 35.5. The fourth-order valence-electron chi connectivity index (χ4n) is 1.52. The molecule has 0 aliphatic carbocycles. The van der Waals surface area contributed by atoms with E-state index < -0.39 is 20.0 Å². The Morgan fingerprint density at radius 1 is 1.35 bits per heavy atom. The third-order valence-electron chi connectivity index (χ3n) is 3.21. The molecule has 17 heavy (non-hydrogen) atoms. The van der Waals surface area contributed by atoms with Gasteiger partial charge in [0.05, 0.1) is 10.1 Å². The lowest BCUT2D eigenvalue weighted by molar-refractivity contribution is 0.536. The Kier molecular flexibility index (Phi) is 4.26. The third kappa shape index (κ3) is 3.46. The normalized spacial score (nSPS) is 14.6. The van der Waals surface area contributed by atoms with Crippen LogP contribution in [0.1, 0.15) is 25.0 Å². The molecule has 0 radical (unpaired) electrons. The van der Waals surface area contributed by atoms with E-state index in [-0.39, 0.29) is 0 Å². The molecule has 0 bridgehead atoms. The van der Waals surface area contributed by atoms with Crippen molar-refractivity contribution in [3.8, 4) is 0 Å². The maximum atomic E-state index is 11.7. The summed E-state index contributed by atoms with van der Waals surface area (Å²) in [7, 11) is -3.16. The van der Waals surface area contributed by atoms with Gasteiger partial charge >= 0.3 is 0 Å². The summed E-state index contributed by atoms with van der Waals surface area (Å²) in [6, 6.07) is 7.98. The molecule has 0 N–H and O–H groups in total. The van der Waals surface area contributed by atoms with Gasteiger partial charge in [-0.25, -0.2) is 8.42 Å². The van der Waals surface area contributed by atoms with Gasteiger partial charge in [0, 0.05) is 6.26 Å². The molecule has 0 aliphatic rings. The van der Waals surface area contributed by atoms with Crippen molar-refractivity contribution in [2.75, 3.05) is 6.26 Å². The molecule has 1 rings (SSSR count). The topological polar surface area (TPSA) is 34.1 Å². The molecule has 0 fully saturated rings. The number of sulfone groups is 1. The molecule has 0 saturated heterocycles. The van der Waals surface area contributed by atoms with Crippen LogP contribution in [0.2, 0.25) is 0 Å². The predicted molar refractivity (Wildman–Crippen MR) is 73.4 cm³/mol. The summed E-state index contributed by atoms with van der Waals surface area (Å²) in [5.41, 5.74) is 2.23. The zero-order chi connectivity index (χ0) is 13.3. The number of hydrogen-bond acceptors (Lipinski definition) is 2. The highest BCUT2D eigenvalue weighted by molar-refractivity contribution is 7.92. The molecule has 1 unspecified atom stereocenters. The molecule has 1 atom stereocenters. The quantitative estimate of drug-likeness (QED) is 0.791. The van der Waals surface area contributed by atoms with Gasteiger partial charge in [0.1, 0.15) is 0 Å². The number of alkyl halides is 1. The lowest BCUT2D eigenvalue weighted by atomic mass is 10.00. The average molecular weight is 275 g/mol. The van der Waals surface area contributed by atoms with Crippen molar-refractivity contribution in [3.05, 3.63) is 35.4 Å². The van der Waals surface area contributed by atoms with E-state index >= 15 is 0 Å². The van der Waals surface area contributed by atoms with Gasteiger partial charge in [0.25, 0.3) is 0 Å². The Hall–Kier alpha value is -0.540. The first-order chi connectivity index (χ1) is 7.64. The first-order valence-electron chi connectivity index (χ1n) is 5.54. The van der Waals surface area contributed by atoms with Crippen LogP contribution in [0.3, 0.4) is 0 Å². The van der Waals surface area contributed by atoms with E-state index in [1.165, 1.54) is 6.26 Å². The average Bonchev–Trinajstić information content (AvgIpc) is 2.15. The molecule has 1 aromatic carbocycles. The SMILES string of the molecule is Cc1cccc(CC(Cl)C(C)(C)S(C)(=O)=O)c1. The molecule has 0 heterocycles. The van der Waals surface area contributed by atoms with E-state index in [9.17, 15) is 8.42 Å². The minimum atomic E-state index is -3.16. The second kappa shape index (κ2) is 4.99. The highest BCUT2D eigenvalue weighted by Crippen LogP contribution is 2.27. The fourth-order valence-corrected chi connectivity index (χ4v) is 2.74. The Morgan fingerprint density at radius 3 is 2.41 bits per heavy atom. The Balaban J connectivity index is 2.90. The van der Waals surface area contributed by atoms with Crippen LogP contribution in [0.15, 0.2) is 24.3 Å². The Bertz CT molecular complexity index is 492. The van der Waals surface area contributed by atoms with Gasteiger partial charge in [0.15, 0.2) is 9.84 Å². The standard InChI is InChI=1S/C13H19ClO2S/c1-10-6-5-7-11(8-10)9-12(14)13(2,3)17(4,15)16/h5-8,12H,9H2,1-4H3. The van der Waals surface area contributed by atoms with Crippen LogP contribution >= 0.6 is 11.6 Å². The van der Waals surface area contributed by atoms with Gasteiger partial charge < -0.3 is 0 Å². The molecule has 4 heteroatoms. The predicted octanol–water partition coefficient (Wildman–Crippen LogP) is 2.97. The maximum Gasteiger partial charge on any atom is 0.154 e. The van der Waals surface area contributed by atoms with Crippen molar-refractivity contribution in [2.45, 2.75) is 37.3 Å². The molecule has 96 valence electrons. The minimum Gasteiger partial charge on any atom is -0.229 e. The van der Waals surface area contributed by atoms with Crippen molar-refractivity contribution in [1.82, 2.24) is 0 Å². The van der Waals surface area contributed by atoms with Crippen molar-refractivity contribution in [1.29, 1.82) is 0 Å². The van der Waals surface area contributed by atoms with Crippen LogP contribution in [0.25, 0.3) is 0 Å². The first-order valence-corrected chi connectivity index (χ1v) is 7.86. The second-order valence-electron chi connectivity index (χ2n) is 5.04. The van der Waals surface area contributed by atoms with E-state index in [1.807, 2.05) is 31.2 Å². The zero-order valence-corrected chi connectivity index (χ0v) is 12.3. The second-order valence-corrected chi connectivity index (χ2v) is 8.16. The van der Waals surface area contributed by atoms with E-state index in [0.29, 0.717) is 6.42 Å². The van der Waals surface area contributed by atoms with E-state index in [2.05, 4.69) is 0 Å². The van der Waals surface area contributed by atoms with Crippen LogP contribution in [-0.2, 0) is 16.3 Å². The first kappa shape index (κ1) is 14.5. The number of benzene rings is 1. The van der Waals surface area contributed by atoms with Crippen LogP contribution < -0.4 is 0 Å². The van der Waals surface area contributed by atoms with Crippen LogP contribution in [0, 0.1) is 6.92 Å². The zero-order valence-electron chi connectivity index (χ0n) is 10.7. The Morgan fingerprint density at radius 2 is 1.94 bits per heavy atom. The monoisotopic (exact) mass is 274 g/mol. The van der Waals surface area contributed by atoms with Gasteiger partial charge in [-0.05, 0) is 32.8 Å². The molecule has 0 saturated carbocycles. The van der Waals surface area contributed by atoms with Crippen LogP contribution in [0.5, 0.6) is 0 Å². The number of aryl methyl sites for hydroxylation is 1. The Labute approximate surface area is 109 Å². The molecule has 0 amide bonds. The van der Waals surface area contributed by atoms with Crippen molar-refractivity contribution >= 4 is 21.4 Å². The van der Waals surface area contributed by atoms with E-state index in [0.717, 1.165) is 11.1 Å². The number of rotatable bonds is 4. The summed E-state index contributed by atoms with van der Waals surface area (Å²) in [6.07, 6.45) is 1.79. The number of hydrogen-bond donors (Lipinski definition) is 0. The largest absolute Gasteiger partial charge is 0.229 e. The van der Waals surface area contributed by atoms with Gasteiger partial charge in [-0.3, -0.25) is 0 Å². The molecular weight excluding hydrogens is 256 g/mol. The molecule has 0 aliphatic heterocycles. The third-order valence-corrected chi connectivity index (χ3v) is 6.23. The van der Waals surface area contributed by atoms with Gasteiger partial charge in [0.2, 0.25) is 0 Å². The summed E-state index contributed by atoms with van der Waals surface area (Å²) >= 11 is 6.26. The van der Waals surface area contributed by atoms with Gasteiger partial charge in [-0.15, -0.1) is 11.6 Å². The summed E-state index contributed by atoms with van der Waals surface area (Å²) in [5, 5.41) is -0.431. The van der Waals surface area contributed by atoms with Gasteiger partial charge in [-0.2, -0.15) is 0 Å². The van der Waals surface area contributed by atoms with Gasteiger partial charge in [-0.1, -0.05) is 29.8 Å². The summed E-state index contributed by atoms with van der Waals surface area (Å²) in [6.45, 7) is 5.36. The number of halogens is 1. The van der Waals surface area contributed by atoms with Crippen molar-refractivity contribution in [3.63, 3.8) is 0 Å². The summed E-state index contributed by atoms with van der Waals surface area (Å²) < 4.78 is 22.4. The fraction of sp³-hybridized carbons (Fsp3) is 0.538.